The minimum atomic E-state index is -0.687. The molecule has 2 N–H and O–H groups in total. The largest absolute Gasteiger partial charge is 0.464 e. The van der Waals surface area contributed by atoms with Crippen LogP contribution in [0.1, 0.15) is 24.3 Å². The first-order valence-electron chi connectivity index (χ1n) is 6.01. The molecule has 1 heterocycles. The van der Waals surface area contributed by atoms with Crippen LogP contribution in [0.25, 0.3) is 0 Å². The third kappa shape index (κ3) is 3.64. The molecule has 1 unspecified atom stereocenters. The molecule has 8 nitrogen and oxygen atoms in total. The van der Waals surface area contributed by atoms with Gasteiger partial charge in [-0.1, -0.05) is 13.8 Å². The number of hydrogen-bond donors (Lipinski definition) is 2. The van der Waals surface area contributed by atoms with Crippen LogP contribution in [-0.4, -0.2) is 40.7 Å². The van der Waals surface area contributed by atoms with Gasteiger partial charge < -0.3 is 15.2 Å². The number of nitrogens with one attached hydrogen (secondary N) is 1. The molecule has 1 rings (SSSR count). The van der Waals surface area contributed by atoms with Gasteiger partial charge in [0.15, 0.2) is 5.69 Å². The smallest absolute Gasteiger partial charge is 0.356 e. The van der Waals surface area contributed by atoms with E-state index >= 15 is 0 Å². The van der Waals surface area contributed by atoms with Gasteiger partial charge in [-0.3, -0.25) is 10.1 Å². The van der Waals surface area contributed by atoms with E-state index in [0.29, 0.717) is 0 Å². The zero-order valence-corrected chi connectivity index (χ0v) is 11.5. The minimum Gasteiger partial charge on any atom is -0.464 e. The average Bonchev–Trinajstić information content (AvgIpc) is 2.42. The second-order valence-electron chi connectivity index (χ2n) is 4.49. The highest BCUT2D eigenvalue weighted by Gasteiger charge is 2.22. The molecule has 0 fully saturated rings. The Morgan fingerprint density at radius 2 is 2.20 bits per heavy atom. The Morgan fingerprint density at radius 1 is 1.55 bits per heavy atom. The number of hydrogen-bond acceptors (Lipinski definition) is 7. The molecule has 0 spiro atoms. The monoisotopic (exact) mass is 283 g/mol. The van der Waals surface area contributed by atoms with E-state index < -0.39 is 16.9 Å². The molecule has 0 bridgehead atoms. The SMILES string of the molecule is COC(=O)c1ccc([N+](=O)[O-])c(NC(CO)C(C)C)n1. The van der Waals surface area contributed by atoms with Crippen molar-refractivity contribution in [3.8, 4) is 0 Å². The lowest BCUT2D eigenvalue weighted by atomic mass is 10.1. The summed E-state index contributed by atoms with van der Waals surface area (Å²) < 4.78 is 4.52. The first-order valence-corrected chi connectivity index (χ1v) is 6.01. The summed E-state index contributed by atoms with van der Waals surface area (Å²) in [6, 6.07) is 1.99. The number of anilines is 1. The normalized spacial score (nSPS) is 12.1. The van der Waals surface area contributed by atoms with E-state index in [0.717, 1.165) is 0 Å². The van der Waals surface area contributed by atoms with Gasteiger partial charge >= 0.3 is 11.7 Å². The van der Waals surface area contributed by atoms with Crippen LogP contribution in [0.3, 0.4) is 0 Å². The fourth-order valence-corrected chi connectivity index (χ4v) is 1.52. The zero-order valence-electron chi connectivity index (χ0n) is 11.5. The quantitative estimate of drug-likeness (QED) is 0.458. The van der Waals surface area contributed by atoms with Gasteiger partial charge in [-0.2, -0.15) is 0 Å². The van der Waals surface area contributed by atoms with Crippen LogP contribution in [0, 0.1) is 16.0 Å². The Balaban J connectivity index is 3.18. The highest BCUT2D eigenvalue weighted by molar-refractivity contribution is 5.88. The summed E-state index contributed by atoms with van der Waals surface area (Å²) in [7, 11) is 1.20. The predicted molar refractivity (Wildman–Crippen MR) is 71.6 cm³/mol. The predicted octanol–water partition coefficient (Wildman–Crippen LogP) is 1.21. The molecule has 0 amide bonds. The number of aliphatic hydroxyl groups excluding tert-OH is 1. The van der Waals surface area contributed by atoms with Crippen LogP contribution >= 0.6 is 0 Å². The van der Waals surface area contributed by atoms with Crippen molar-refractivity contribution in [1.82, 2.24) is 4.98 Å². The van der Waals surface area contributed by atoms with E-state index in [4.69, 9.17) is 0 Å². The standard InChI is InChI=1S/C12H17N3O5/c1-7(2)9(6-16)14-11-10(15(18)19)5-4-8(13-11)12(17)20-3/h4-5,7,9,16H,6H2,1-3H3,(H,13,14). The van der Waals surface area contributed by atoms with E-state index in [1.54, 1.807) is 0 Å². The maximum Gasteiger partial charge on any atom is 0.356 e. The number of aliphatic hydroxyl groups is 1. The molecule has 1 aromatic rings. The average molecular weight is 283 g/mol. The van der Waals surface area contributed by atoms with Crippen LogP contribution in [0.5, 0.6) is 0 Å². The van der Waals surface area contributed by atoms with Crippen molar-refractivity contribution >= 4 is 17.5 Å². The fraction of sp³-hybridized carbons (Fsp3) is 0.500. The topological polar surface area (TPSA) is 115 Å². The molecule has 0 saturated carbocycles. The molecule has 0 saturated heterocycles. The van der Waals surface area contributed by atoms with Gasteiger partial charge in [0.1, 0.15) is 0 Å². The van der Waals surface area contributed by atoms with Gasteiger partial charge in [0.25, 0.3) is 0 Å². The number of methoxy groups -OCH3 is 1. The first-order chi connectivity index (χ1) is 9.40. The van der Waals surface area contributed by atoms with Gasteiger partial charge in [-0.05, 0) is 12.0 Å². The number of nitro groups is 1. The van der Waals surface area contributed by atoms with Gasteiger partial charge in [0.2, 0.25) is 5.82 Å². The van der Waals surface area contributed by atoms with Gasteiger partial charge in [0.05, 0.1) is 24.7 Å². The summed E-state index contributed by atoms with van der Waals surface area (Å²) in [4.78, 5) is 25.7. The summed E-state index contributed by atoms with van der Waals surface area (Å²) in [5.74, 6) is -0.720. The number of esters is 1. The number of nitrogens with zero attached hydrogens (tertiary/aromatic N) is 2. The Morgan fingerprint density at radius 3 is 2.65 bits per heavy atom. The van der Waals surface area contributed by atoms with Crippen LogP contribution in [0.4, 0.5) is 11.5 Å². The summed E-state index contributed by atoms with van der Waals surface area (Å²) in [6.07, 6.45) is 0. The molecular formula is C12H17N3O5. The van der Waals surface area contributed by atoms with Crippen molar-refractivity contribution in [3.05, 3.63) is 27.9 Å². The van der Waals surface area contributed by atoms with Crippen molar-refractivity contribution in [3.63, 3.8) is 0 Å². The Kier molecular flexibility index (Phi) is 5.39. The van der Waals surface area contributed by atoms with E-state index in [1.165, 1.54) is 19.2 Å². The molecule has 0 aliphatic heterocycles. The molecule has 0 radical (unpaired) electrons. The van der Waals surface area contributed by atoms with E-state index in [-0.39, 0.29) is 29.7 Å². The van der Waals surface area contributed by atoms with Crippen molar-refractivity contribution in [2.24, 2.45) is 5.92 Å². The lowest BCUT2D eigenvalue weighted by Gasteiger charge is -2.20. The molecular weight excluding hydrogens is 266 g/mol. The van der Waals surface area contributed by atoms with Gasteiger partial charge in [-0.15, -0.1) is 0 Å². The summed E-state index contributed by atoms with van der Waals surface area (Å²) in [5.41, 5.74) is -0.308. The molecule has 110 valence electrons. The summed E-state index contributed by atoms with van der Waals surface area (Å²) >= 11 is 0. The zero-order chi connectivity index (χ0) is 15.3. The first kappa shape index (κ1) is 15.8. The lowest BCUT2D eigenvalue weighted by molar-refractivity contribution is -0.384. The number of carbonyl (C=O) groups excluding carboxylic acids is 1. The molecule has 8 heteroatoms. The molecule has 0 aliphatic carbocycles. The van der Waals surface area contributed by atoms with E-state index in [1.807, 2.05) is 13.8 Å². The van der Waals surface area contributed by atoms with Gasteiger partial charge in [0, 0.05) is 6.07 Å². The lowest BCUT2D eigenvalue weighted by Crippen LogP contribution is -2.30. The number of pyridine rings is 1. The Bertz CT molecular complexity index is 504. The van der Waals surface area contributed by atoms with Crippen molar-refractivity contribution < 1.29 is 19.6 Å². The Hall–Kier alpha value is -2.22. The summed E-state index contributed by atoms with van der Waals surface area (Å²) in [5, 5.41) is 23.0. The molecule has 1 aromatic heterocycles. The Labute approximate surface area is 115 Å². The molecule has 20 heavy (non-hydrogen) atoms. The second kappa shape index (κ2) is 6.80. The van der Waals surface area contributed by atoms with Crippen LogP contribution < -0.4 is 5.32 Å². The van der Waals surface area contributed by atoms with Gasteiger partial charge in [-0.25, -0.2) is 9.78 Å². The molecule has 0 aromatic carbocycles. The maximum atomic E-state index is 11.4. The van der Waals surface area contributed by atoms with Crippen molar-refractivity contribution in [2.45, 2.75) is 19.9 Å². The van der Waals surface area contributed by atoms with Crippen LogP contribution in [0.15, 0.2) is 12.1 Å². The molecule has 0 aliphatic rings. The van der Waals surface area contributed by atoms with E-state index in [2.05, 4.69) is 15.0 Å². The third-order valence-corrected chi connectivity index (χ3v) is 2.79. The summed E-state index contributed by atoms with van der Waals surface area (Å²) in [6.45, 7) is 3.49. The maximum absolute atomic E-state index is 11.4. The number of carbonyl (C=O) groups is 1. The fourth-order valence-electron chi connectivity index (χ4n) is 1.52. The van der Waals surface area contributed by atoms with Crippen molar-refractivity contribution in [2.75, 3.05) is 19.0 Å². The van der Waals surface area contributed by atoms with Crippen LogP contribution in [0.2, 0.25) is 0 Å². The van der Waals surface area contributed by atoms with E-state index in [9.17, 15) is 20.0 Å². The number of rotatable bonds is 6. The number of ether oxygens (including phenoxy) is 1. The number of aromatic nitrogens is 1. The highest BCUT2D eigenvalue weighted by atomic mass is 16.6. The highest BCUT2D eigenvalue weighted by Crippen LogP contribution is 2.24. The minimum absolute atomic E-state index is 0.0307. The van der Waals surface area contributed by atoms with Crippen LogP contribution in [-0.2, 0) is 4.74 Å². The third-order valence-electron chi connectivity index (χ3n) is 2.79. The molecule has 1 atom stereocenters. The van der Waals surface area contributed by atoms with Crippen molar-refractivity contribution in [1.29, 1.82) is 0 Å². The second-order valence-corrected chi connectivity index (χ2v) is 4.49.